The highest BCUT2D eigenvalue weighted by atomic mass is 19.2. The zero-order chi connectivity index (χ0) is 38.7. The second-order valence-corrected chi connectivity index (χ2v) is 11.7. The van der Waals surface area contributed by atoms with Crippen LogP contribution in [-0.4, -0.2) is 88.0 Å². The van der Waals surface area contributed by atoms with Crippen LogP contribution in [-0.2, 0) is 20.8 Å². The van der Waals surface area contributed by atoms with Crippen molar-refractivity contribution in [1.29, 1.82) is 5.41 Å². The first-order valence-electron chi connectivity index (χ1n) is 16.5. The maximum Gasteiger partial charge on any atom is 0.303 e. The predicted octanol–water partition coefficient (Wildman–Crippen LogP) is 1.39. The summed E-state index contributed by atoms with van der Waals surface area (Å²) in [5.41, 5.74) is 13.5. The maximum absolute atomic E-state index is 14.9. The van der Waals surface area contributed by atoms with Gasteiger partial charge in [0.2, 0.25) is 17.6 Å². The van der Waals surface area contributed by atoms with Gasteiger partial charge in [0, 0.05) is 55.3 Å². The molecule has 0 aliphatic heterocycles. The van der Waals surface area contributed by atoms with Gasteiger partial charge in [0.25, 0.3) is 5.91 Å². The van der Waals surface area contributed by atoms with Crippen molar-refractivity contribution < 1.29 is 37.8 Å². The molecule has 4 aromatic rings. The summed E-state index contributed by atoms with van der Waals surface area (Å²) in [5.74, 6) is -5.27. The van der Waals surface area contributed by atoms with E-state index in [2.05, 4.69) is 36.6 Å². The van der Waals surface area contributed by atoms with Crippen molar-refractivity contribution in [3.8, 4) is 17.0 Å². The topological polar surface area (TPSA) is 264 Å². The Hall–Kier alpha value is -6.37. The zero-order valence-electron chi connectivity index (χ0n) is 29.0. The number of carboxylic acids is 1. The van der Waals surface area contributed by atoms with E-state index < -0.39 is 47.5 Å². The second-order valence-electron chi connectivity index (χ2n) is 11.7. The number of imidazole rings is 1. The highest BCUT2D eigenvalue weighted by molar-refractivity contribution is 5.96. The molecule has 0 spiro atoms. The van der Waals surface area contributed by atoms with Crippen LogP contribution in [0.15, 0.2) is 48.9 Å². The molecule has 0 radical (unpaired) electrons. The molecule has 0 saturated heterocycles. The fourth-order valence-electron chi connectivity index (χ4n) is 5.25. The first kappa shape index (κ1) is 39.4. The molecule has 17 nitrogen and oxygen atoms in total. The summed E-state index contributed by atoms with van der Waals surface area (Å²) in [5, 5.41) is 29.7. The number of nitrogens with two attached hydrogens (primary N) is 2. The van der Waals surface area contributed by atoms with Gasteiger partial charge in [-0.1, -0.05) is 6.92 Å². The molecule has 2 heterocycles. The van der Waals surface area contributed by atoms with E-state index in [1.54, 1.807) is 28.8 Å². The number of benzene rings is 2. The van der Waals surface area contributed by atoms with Gasteiger partial charge < -0.3 is 47.9 Å². The van der Waals surface area contributed by atoms with E-state index in [1.807, 2.05) is 6.92 Å². The van der Waals surface area contributed by atoms with Crippen LogP contribution < -0.4 is 42.8 Å². The molecule has 2 unspecified atom stereocenters. The van der Waals surface area contributed by atoms with Crippen molar-refractivity contribution in [2.75, 3.05) is 32.1 Å². The molecule has 0 aliphatic carbocycles. The van der Waals surface area contributed by atoms with Crippen LogP contribution in [0.1, 0.15) is 42.1 Å². The number of fused-ring (bicyclic) bond motifs is 1. The SMILES string of the molecule is CCc1cc(Nc2nccn3c(-c4ccc(OC)c(F)c4F)cnc23)ccc1C(=O)NCCCNC(=O)C(CNC(=N)N)NC(=O)C(N)CCC(=O)O. The lowest BCUT2D eigenvalue weighted by Crippen LogP contribution is -2.56. The number of halogens is 2. The molecule has 0 saturated carbocycles. The second kappa shape index (κ2) is 18.2. The summed E-state index contributed by atoms with van der Waals surface area (Å²) in [7, 11) is 1.25. The molecule has 53 heavy (non-hydrogen) atoms. The first-order valence-corrected chi connectivity index (χ1v) is 16.5. The van der Waals surface area contributed by atoms with Gasteiger partial charge in [0.05, 0.1) is 25.0 Å². The zero-order valence-corrected chi connectivity index (χ0v) is 29.0. The number of hydrogen-bond donors (Lipinski definition) is 9. The third-order valence-corrected chi connectivity index (χ3v) is 8.04. The van der Waals surface area contributed by atoms with Crippen LogP contribution in [0.2, 0.25) is 0 Å². The van der Waals surface area contributed by atoms with Crippen molar-refractivity contribution in [2.24, 2.45) is 11.5 Å². The average molecular weight is 738 g/mol. The third-order valence-electron chi connectivity index (χ3n) is 8.04. The van der Waals surface area contributed by atoms with E-state index in [4.69, 9.17) is 26.7 Å². The molecule has 0 fully saturated rings. The van der Waals surface area contributed by atoms with Gasteiger partial charge in [-0.05, 0) is 55.2 Å². The quantitative estimate of drug-likeness (QED) is 0.0399. The Bertz CT molecular complexity index is 1990. The number of anilines is 2. The van der Waals surface area contributed by atoms with Crippen LogP contribution >= 0.6 is 0 Å². The van der Waals surface area contributed by atoms with Crippen molar-refractivity contribution in [1.82, 2.24) is 35.6 Å². The molecule has 11 N–H and O–H groups in total. The minimum atomic E-state index is -1.16. The number of aryl methyl sites for hydroxylation is 1. The van der Waals surface area contributed by atoms with Gasteiger partial charge in [-0.15, -0.1) is 0 Å². The van der Waals surface area contributed by atoms with Crippen LogP contribution in [0.4, 0.5) is 20.3 Å². The number of nitrogens with zero attached hydrogens (tertiary/aromatic N) is 3. The fraction of sp³-hybridized carbons (Fsp3) is 0.324. The third kappa shape index (κ3) is 10.1. The van der Waals surface area contributed by atoms with E-state index in [-0.39, 0.29) is 49.7 Å². The van der Waals surface area contributed by atoms with Crippen molar-refractivity contribution in [3.63, 3.8) is 0 Å². The van der Waals surface area contributed by atoms with Crippen LogP contribution in [0.5, 0.6) is 5.75 Å². The number of nitrogens with one attached hydrogen (secondary N) is 6. The number of guanidine groups is 1. The summed E-state index contributed by atoms with van der Waals surface area (Å²) in [6.07, 6.45) is 4.87. The summed E-state index contributed by atoms with van der Waals surface area (Å²) < 4.78 is 35.8. The van der Waals surface area contributed by atoms with Crippen LogP contribution in [0.3, 0.4) is 0 Å². The first-order chi connectivity index (χ1) is 25.3. The number of aromatic nitrogens is 3. The molecule has 0 aliphatic rings. The van der Waals surface area contributed by atoms with Gasteiger partial charge in [-0.2, -0.15) is 4.39 Å². The smallest absolute Gasteiger partial charge is 0.303 e. The number of amides is 3. The highest BCUT2D eigenvalue weighted by Crippen LogP contribution is 2.31. The maximum atomic E-state index is 14.9. The number of rotatable bonds is 18. The number of methoxy groups -OCH3 is 1. The Morgan fingerprint density at radius 2 is 1.79 bits per heavy atom. The molecule has 2 atom stereocenters. The Labute approximate surface area is 302 Å². The predicted molar refractivity (Wildman–Crippen MR) is 191 cm³/mol. The molecule has 3 amide bonds. The highest BCUT2D eigenvalue weighted by Gasteiger charge is 2.24. The lowest BCUT2D eigenvalue weighted by atomic mass is 10.0. The van der Waals surface area contributed by atoms with Crippen molar-refractivity contribution in [2.45, 2.75) is 44.7 Å². The van der Waals surface area contributed by atoms with Gasteiger partial charge >= 0.3 is 5.97 Å². The van der Waals surface area contributed by atoms with E-state index in [0.717, 1.165) is 5.56 Å². The molecular formula is C34H41F2N11O6. The largest absolute Gasteiger partial charge is 0.494 e. The van der Waals surface area contributed by atoms with Crippen LogP contribution in [0.25, 0.3) is 16.9 Å². The number of aliphatic carboxylic acids is 1. The van der Waals surface area contributed by atoms with Gasteiger partial charge in [-0.25, -0.2) is 14.4 Å². The fourth-order valence-corrected chi connectivity index (χ4v) is 5.25. The Balaban J connectivity index is 1.34. The Morgan fingerprint density at radius 3 is 2.49 bits per heavy atom. The van der Waals surface area contributed by atoms with Gasteiger partial charge in [0.1, 0.15) is 6.04 Å². The molecule has 19 heteroatoms. The number of carbonyl (C=O) groups is 4. The Kier molecular flexibility index (Phi) is 13.5. The van der Waals surface area contributed by atoms with E-state index >= 15 is 0 Å². The number of carbonyl (C=O) groups excluding carboxylic acids is 3. The minimum Gasteiger partial charge on any atom is -0.494 e. The monoisotopic (exact) mass is 737 g/mol. The molecule has 4 rings (SSSR count). The van der Waals surface area contributed by atoms with Gasteiger partial charge in [-0.3, -0.25) is 29.0 Å². The van der Waals surface area contributed by atoms with E-state index in [9.17, 15) is 28.0 Å². The standard InChI is InChI=1S/C34H41F2N11O6/c1-3-18-15-19(45-29-30-43-17-24(47(30)14-13-40-29)21-7-9-25(53-2)28(36)27(21)35)5-6-20(18)31(50)41-11-4-12-42-33(52)23(16-44-34(38)39)46-32(51)22(37)8-10-26(48)49/h5-7,9,13-15,17,22-23H,3-4,8,10-12,16,37H2,1-2H3,(H,40,45)(H,41,50)(H,42,52)(H,46,51)(H,48,49)(H4,38,39,44). The van der Waals surface area contributed by atoms with Crippen molar-refractivity contribution in [3.05, 3.63) is 71.7 Å². The molecule has 2 aromatic carbocycles. The number of ether oxygens (including phenoxy) is 1. The summed E-state index contributed by atoms with van der Waals surface area (Å²) in [6.45, 7) is 2.02. The number of carboxylic acid groups (broad SMARTS) is 1. The average Bonchev–Trinajstić information content (AvgIpc) is 3.57. The lowest BCUT2D eigenvalue weighted by Gasteiger charge is -2.21. The molecular weight excluding hydrogens is 696 g/mol. The normalized spacial score (nSPS) is 12.0. The van der Waals surface area contributed by atoms with Gasteiger partial charge in [0.15, 0.2) is 29.0 Å². The lowest BCUT2D eigenvalue weighted by molar-refractivity contribution is -0.137. The Morgan fingerprint density at radius 1 is 1.04 bits per heavy atom. The molecule has 2 aromatic heterocycles. The summed E-state index contributed by atoms with van der Waals surface area (Å²) >= 11 is 0. The molecule has 0 bridgehead atoms. The van der Waals surface area contributed by atoms with E-state index in [1.165, 1.54) is 31.6 Å². The number of hydrogen-bond acceptors (Lipinski definition) is 10. The van der Waals surface area contributed by atoms with Crippen molar-refractivity contribution >= 4 is 46.8 Å². The molecule has 282 valence electrons. The summed E-state index contributed by atoms with van der Waals surface area (Å²) in [6, 6.07) is 5.56. The van der Waals surface area contributed by atoms with E-state index in [0.29, 0.717) is 41.3 Å². The minimum absolute atomic E-state index is 0.00875. The van der Waals surface area contributed by atoms with Crippen LogP contribution in [0, 0.1) is 17.0 Å². The summed E-state index contributed by atoms with van der Waals surface area (Å²) in [4.78, 5) is 57.8.